The minimum atomic E-state index is -1.50. The molecule has 1 rings (SSSR count). The van der Waals surface area contributed by atoms with E-state index in [1.54, 1.807) is 0 Å². The van der Waals surface area contributed by atoms with Crippen LogP contribution < -0.4 is 9.92 Å². The molecule has 3 unspecified atom stereocenters. The van der Waals surface area contributed by atoms with Gasteiger partial charge >= 0.3 is 0 Å². The summed E-state index contributed by atoms with van der Waals surface area (Å²) in [5.41, 5.74) is 2.91. The summed E-state index contributed by atoms with van der Waals surface area (Å²) >= 11 is 0. The van der Waals surface area contributed by atoms with E-state index in [1.807, 2.05) is 0 Å². The Hall–Kier alpha value is -1.02. The van der Waals surface area contributed by atoms with Gasteiger partial charge in [-0.3, -0.25) is 0 Å². The van der Waals surface area contributed by atoms with Gasteiger partial charge in [-0.15, -0.1) is 6.58 Å². The number of hydrogen-bond donors (Lipinski definition) is 0. The molecule has 0 radical (unpaired) electrons. The van der Waals surface area contributed by atoms with Crippen molar-refractivity contribution in [2.75, 3.05) is 6.61 Å². The van der Waals surface area contributed by atoms with Crippen LogP contribution in [-0.4, -0.2) is 14.7 Å². The molecule has 0 spiro atoms. The second kappa shape index (κ2) is 11.0. The fourth-order valence-corrected chi connectivity index (χ4v) is 5.87. The average Bonchev–Trinajstić information content (AvgIpc) is 2.59. The lowest BCUT2D eigenvalue weighted by molar-refractivity contribution is 0.147. The first-order valence-electron chi connectivity index (χ1n) is 12.0. The molecule has 0 N–H and O–H groups in total. The molecule has 1 aromatic rings. The molecule has 2 heteroatoms. The van der Waals surface area contributed by atoms with E-state index in [1.165, 1.54) is 30.9 Å². The van der Waals surface area contributed by atoms with Crippen LogP contribution in [0.3, 0.4) is 0 Å². The normalized spacial score (nSPS) is 16.1. The highest BCUT2D eigenvalue weighted by Crippen LogP contribution is 2.34. The van der Waals surface area contributed by atoms with Crippen molar-refractivity contribution in [3.63, 3.8) is 0 Å². The molecule has 0 amide bonds. The van der Waals surface area contributed by atoms with Crippen LogP contribution >= 0.6 is 0 Å². The van der Waals surface area contributed by atoms with Gasteiger partial charge in [0.15, 0.2) is 0 Å². The number of ether oxygens (including phenoxy) is 1. The lowest BCUT2D eigenvalue weighted by atomic mass is 9.76. The molecule has 0 saturated heterocycles. The number of benzene rings is 1. The van der Waals surface area contributed by atoms with Crippen molar-refractivity contribution in [2.45, 2.75) is 94.2 Å². The van der Waals surface area contributed by atoms with E-state index in [9.17, 15) is 0 Å². The Kier molecular flexibility index (Phi) is 9.93. The second-order valence-electron chi connectivity index (χ2n) is 12.7. The van der Waals surface area contributed by atoms with Crippen LogP contribution in [0.4, 0.5) is 0 Å². The average molecular weight is 431 g/mol. The van der Waals surface area contributed by atoms with Gasteiger partial charge in [-0.25, -0.2) is 0 Å². The Morgan fingerprint density at radius 1 is 0.900 bits per heavy atom. The molecule has 0 aliphatic carbocycles. The van der Waals surface area contributed by atoms with Crippen LogP contribution in [0.15, 0.2) is 36.5 Å². The van der Waals surface area contributed by atoms with Crippen molar-refractivity contribution in [1.82, 2.24) is 0 Å². The largest absolute Gasteiger partial charge is 0.493 e. The third-order valence-electron chi connectivity index (χ3n) is 6.30. The van der Waals surface area contributed by atoms with Crippen LogP contribution in [0.25, 0.3) is 0 Å². The van der Waals surface area contributed by atoms with Crippen molar-refractivity contribution in [3.05, 3.63) is 36.5 Å². The Balaban J connectivity index is 2.78. The minimum Gasteiger partial charge on any atom is -0.493 e. The van der Waals surface area contributed by atoms with Crippen LogP contribution in [0.5, 0.6) is 5.75 Å². The first-order chi connectivity index (χ1) is 13.6. The Labute approximate surface area is 189 Å². The molecule has 0 heterocycles. The molecule has 172 valence electrons. The van der Waals surface area contributed by atoms with Crippen molar-refractivity contribution in [2.24, 2.45) is 28.6 Å². The summed E-state index contributed by atoms with van der Waals surface area (Å²) in [6.45, 7) is 28.5. The van der Waals surface area contributed by atoms with Crippen LogP contribution in [0.2, 0.25) is 13.1 Å². The van der Waals surface area contributed by atoms with Crippen LogP contribution in [0, 0.1) is 28.6 Å². The molecule has 0 fully saturated rings. The predicted molar refractivity (Wildman–Crippen MR) is 138 cm³/mol. The van der Waals surface area contributed by atoms with Gasteiger partial charge in [-0.05, 0) is 60.0 Å². The highest BCUT2D eigenvalue weighted by molar-refractivity contribution is 6.93. The lowest BCUT2D eigenvalue weighted by Gasteiger charge is -2.31. The van der Waals surface area contributed by atoms with Gasteiger partial charge in [-0.1, -0.05) is 97.9 Å². The maximum atomic E-state index is 6.33. The zero-order valence-electron chi connectivity index (χ0n) is 21.8. The monoisotopic (exact) mass is 430 g/mol. The lowest BCUT2D eigenvalue weighted by Crippen LogP contribution is -2.38. The maximum absolute atomic E-state index is 6.33. The maximum Gasteiger partial charge on any atom is 0.119 e. The Morgan fingerprint density at radius 3 is 1.90 bits per heavy atom. The molecular weight excluding hydrogens is 380 g/mol. The van der Waals surface area contributed by atoms with Crippen LogP contribution in [-0.2, 0) is 0 Å². The minimum absolute atomic E-state index is 0.358. The molecule has 0 bridgehead atoms. The van der Waals surface area contributed by atoms with E-state index in [2.05, 4.69) is 105 Å². The Bertz CT molecular complexity index is 630. The van der Waals surface area contributed by atoms with Gasteiger partial charge in [0.25, 0.3) is 0 Å². The molecule has 1 aromatic carbocycles. The summed E-state index contributed by atoms with van der Waals surface area (Å²) in [6.07, 6.45) is 5.08. The summed E-state index contributed by atoms with van der Waals surface area (Å²) in [6, 6.07) is 8.78. The smallest absolute Gasteiger partial charge is 0.119 e. The summed E-state index contributed by atoms with van der Waals surface area (Å²) in [4.78, 5) is 0. The van der Waals surface area contributed by atoms with Crippen LogP contribution in [0.1, 0.15) is 81.1 Å². The van der Waals surface area contributed by atoms with Crippen molar-refractivity contribution in [3.8, 4) is 5.75 Å². The fraction of sp³-hybridized carbons (Fsp3) is 0.714. The fourth-order valence-electron chi connectivity index (χ4n) is 4.61. The molecule has 1 nitrogen and oxygen atoms in total. The van der Waals surface area contributed by atoms with E-state index < -0.39 is 8.07 Å². The molecular formula is C28H50OSi. The van der Waals surface area contributed by atoms with Gasteiger partial charge in [0.05, 0.1) is 6.61 Å². The van der Waals surface area contributed by atoms with Crippen molar-refractivity contribution >= 4 is 13.3 Å². The van der Waals surface area contributed by atoms with Gasteiger partial charge < -0.3 is 4.74 Å². The molecule has 0 saturated carbocycles. The zero-order valence-corrected chi connectivity index (χ0v) is 22.8. The van der Waals surface area contributed by atoms with E-state index in [0.29, 0.717) is 22.7 Å². The molecule has 0 aliphatic heterocycles. The quantitative estimate of drug-likeness (QED) is 0.321. The predicted octanol–water partition coefficient (Wildman–Crippen LogP) is 8.25. The summed E-state index contributed by atoms with van der Waals surface area (Å²) in [5, 5.41) is 1.42. The second-order valence-corrected chi connectivity index (χ2v) is 17.1. The van der Waals surface area contributed by atoms with Gasteiger partial charge in [-0.2, -0.15) is 0 Å². The SMILES string of the molecule is C=C[Si](C)(C)c1ccc(OCC(CCC(C)CC(C)(C)C)C(C)CC(C)(C)C)cc1. The van der Waals surface area contributed by atoms with Gasteiger partial charge in [0.1, 0.15) is 13.8 Å². The van der Waals surface area contributed by atoms with E-state index in [4.69, 9.17) is 4.74 Å². The third kappa shape index (κ3) is 10.3. The molecule has 30 heavy (non-hydrogen) atoms. The molecule has 0 aromatic heterocycles. The van der Waals surface area contributed by atoms with E-state index >= 15 is 0 Å². The first-order valence-corrected chi connectivity index (χ1v) is 15.1. The van der Waals surface area contributed by atoms with Gasteiger partial charge in [0, 0.05) is 0 Å². The Morgan fingerprint density at radius 2 is 1.43 bits per heavy atom. The van der Waals surface area contributed by atoms with Crippen molar-refractivity contribution in [1.29, 1.82) is 0 Å². The third-order valence-corrected chi connectivity index (χ3v) is 9.14. The molecule has 0 aliphatic rings. The number of hydrogen-bond acceptors (Lipinski definition) is 1. The summed E-state index contributed by atoms with van der Waals surface area (Å²) in [7, 11) is -1.50. The zero-order chi connectivity index (χ0) is 23.2. The van der Waals surface area contributed by atoms with E-state index in [0.717, 1.165) is 18.3 Å². The van der Waals surface area contributed by atoms with Gasteiger partial charge in [0.2, 0.25) is 0 Å². The first kappa shape index (κ1) is 27.0. The highest BCUT2D eigenvalue weighted by Gasteiger charge is 2.25. The summed E-state index contributed by atoms with van der Waals surface area (Å²) < 4.78 is 6.33. The van der Waals surface area contributed by atoms with Crippen molar-refractivity contribution < 1.29 is 4.74 Å². The molecule has 3 atom stereocenters. The topological polar surface area (TPSA) is 9.23 Å². The standard InChI is InChI=1S/C28H50OSi/c1-12-30(10,11)26-17-15-25(16-18-26)29-21-24(23(3)20-28(7,8)9)14-13-22(2)19-27(4,5)6/h12,15-18,22-24H,1,13-14,19-21H2,2-11H3. The summed E-state index contributed by atoms with van der Waals surface area (Å²) in [5.74, 6) is 3.03. The number of rotatable bonds is 11. The highest BCUT2D eigenvalue weighted by atomic mass is 28.3. The van der Waals surface area contributed by atoms with E-state index in [-0.39, 0.29) is 0 Å².